The van der Waals surface area contributed by atoms with E-state index in [0.717, 1.165) is 6.07 Å². The number of hydrogen-bond acceptors (Lipinski definition) is 4. The lowest BCUT2D eigenvalue weighted by atomic mass is 10.2. The molecule has 0 spiro atoms. The van der Waals surface area contributed by atoms with Gasteiger partial charge in [0.25, 0.3) is 5.69 Å². The van der Waals surface area contributed by atoms with Crippen LogP contribution in [-0.2, 0) is 0 Å². The lowest BCUT2D eigenvalue weighted by Crippen LogP contribution is -2.00. The fourth-order valence-corrected chi connectivity index (χ4v) is 1.98. The summed E-state index contributed by atoms with van der Waals surface area (Å²) in [6.07, 6.45) is 0. The molecule has 0 radical (unpaired) electrons. The first-order chi connectivity index (χ1) is 9.88. The molecule has 108 valence electrons. The van der Waals surface area contributed by atoms with Gasteiger partial charge in [-0.05, 0) is 46.3 Å². The second-order valence-electron chi connectivity index (χ2n) is 4.05. The third-order valence-electron chi connectivity index (χ3n) is 2.65. The second-order valence-corrected chi connectivity index (χ2v) is 4.90. The van der Waals surface area contributed by atoms with Crippen LogP contribution < -0.4 is 5.32 Å². The molecular formula is C13H8BrFN2O4. The Balaban J connectivity index is 2.36. The van der Waals surface area contributed by atoms with Crippen LogP contribution in [0.3, 0.4) is 0 Å². The standard InChI is InChI=1S/C13H8BrFN2O4/c14-9-5-11(12(17(20)21)6-10(9)15)16-8-3-1-7(2-4-8)13(18)19/h1-6,16H,(H,18,19). The molecule has 21 heavy (non-hydrogen) atoms. The Hall–Kier alpha value is -2.48. The minimum atomic E-state index is -1.07. The molecule has 0 unspecified atom stereocenters. The van der Waals surface area contributed by atoms with Gasteiger partial charge in [0.15, 0.2) is 0 Å². The van der Waals surface area contributed by atoms with Crippen LogP contribution >= 0.6 is 15.9 Å². The molecule has 0 atom stereocenters. The molecule has 2 rings (SSSR count). The van der Waals surface area contributed by atoms with Crippen molar-refractivity contribution in [3.63, 3.8) is 0 Å². The smallest absolute Gasteiger partial charge is 0.335 e. The molecule has 0 saturated heterocycles. The highest BCUT2D eigenvalue weighted by molar-refractivity contribution is 9.10. The third kappa shape index (κ3) is 3.34. The van der Waals surface area contributed by atoms with E-state index in [0.29, 0.717) is 5.69 Å². The fraction of sp³-hybridized carbons (Fsp3) is 0. The number of nitro benzene ring substituents is 1. The minimum absolute atomic E-state index is 0.0813. The predicted octanol–water partition coefficient (Wildman–Crippen LogP) is 3.94. The molecular weight excluding hydrogens is 347 g/mol. The van der Waals surface area contributed by atoms with Gasteiger partial charge < -0.3 is 10.4 Å². The normalized spacial score (nSPS) is 10.2. The number of carboxylic acids is 1. The first-order valence-corrected chi connectivity index (χ1v) is 6.41. The van der Waals surface area contributed by atoms with E-state index in [1.165, 1.54) is 30.3 Å². The fourth-order valence-electron chi connectivity index (χ4n) is 1.64. The van der Waals surface area contributed by atoms with E-state index in [1.807, 2.05) is 0 Å². The van der Waals surface area contributed by atoms with E-state index in [2.05, 4.69) is 21.2 Å². The summed E-state index contributed by atoms with van der Waals surface area (Å²) in [5.41, 5.74) is 0.214. The molecule has 0 aromatic heterocycles. The Morgan fingerprint density at radius 2 is 1.90 bits per heavy atom. The van der Waals surface area contributed by atoms with Gasteiger partial charge in [0.05, 0.1) is 21.0 Å². The largest absolute Gasteiger partial charge is 0.478 e. The van der Waals surface area contributed by atoms with E-state index in [9.17, 15) is 19.3 Å². The summed E-state index contributed by atoms with van der Waals surface area (Å²) in [5, 5.41) is 22.5. The highest BCUT2D eigenvalue weighted by Gasteiger charge is 2.18. The van der Waals surface area contributed by atoms with Crippen molar-refractivity contribution in [2.75, 3.05) is 5.32 Å². The van der Waals surface area contributed by atoms with E-state index >= 15 is 0 Å². The SMILES string of the molecule is O=C(O)c1ccc(Nc2cc(Br)c(F)cc2[N+](=O)[O-])cc1. The Kier molecular flexibility index (Phi) is 4.18. The van der Waals surface area contributed by atoms with Crippen LogP contribution in [0.25, 0.3) is 0 Å². The molecule has 0 saturated carbocycles. The van der Waals surface area contributed by atoms with Gasteiger partial charge >= 0.3 is 5.97 Å². The molecule has 0 aliphatic heterocycles. The van der Waals surface area contributed by atoms with E-state index in [4.69, 9.17) is 5.11 Å². The number of aromatic carboxylic acids is 1. The molecule has 0 bridgehead atoms. The summed E-state index contributed by atoms with van der Waals surface area (Å²) >= 11 is 2.96. The van der Waals surface area contributed by atoms with E-state index < -0.39 is 22.4 Å². The Morgan fingerprint density at radius 3 is 2.43 bits per heavy atom. The zero-order valence-corrected chi connectivity index (χ0v) is 11.9. The molecule has 0 aliphatic rings. The quantitative estimate of drug-likeness (QED) is 0.640. The zero-order chi connectivity index (χ0) is 15.6. The average Bonchev–Trinajstić information content (AvgIpc) is 2.43. The Morgan fingerprint density at radius 1 is 1.29 bits per heavy atom. The van der Waals surface area contributed by atoms with Gasteiger partial charge in [0, 0.05) is 5.69 Å². The van der Waals surface area contributed by atoms with Crippen LogP contribution in [0.1, 0.15) is 10.4 Å². The zero-order valence-electron chi connectivity index (χ0n) is 10.3. The first kappa shape index (κ1) is 14.9. The van der Waals surface area contributed by atoms with Crippen molar-refractivity contribution < 1.29 is 19.2 Å². The van der Waals surface area contributed by atoms with Gasteiger partial charge in [-0.3, -0.25) is 10.1 Å². The lowest BCUT2D eigenvalue weighted by Gasteiger charge is -2.08. The van der Waals surface area contributed by atoms with Gasteiger partial charge in [-0.15, -0.1) is 0 Å². The van der Waals surface area contributed by atoms with Crippen LogP contribution in [0.15, 0.2) is 40.9 Å². The molecule has 2 aromatic rings. The second kappa shape index (κ2) is 5.88. The lowest BCUT2D eigenvalue weighted by molar-refractivity contribution is -0.384. The number of hydrogen-bond donors (Lipinski definition) is 2. The van der Waals surface area contributed by atoms with Crippen molar-refractivity contribution >= 4 is 39.0 Å². The maximum absolute atomic E-state index is 13.4. The number of rotatable bonds is 4. The summed E-state index contributed by atoms with van der Waals surface area (Å²) in [5.74, 6) is -1.81. The third-order valence-corrected chi connectivity index (χ3v) is 3.25. The molecule has 0 amide bonds. The summed E-state index contributed by atoms with van der Waals surface area (Å²) in [4.78, 5) is 21.0. The molecule has 0 fully saturated rings. The number of carboxylic acid groups (broad SMARTS) is 1. The summed E-state index contributed by atoms with van der Waals surface area (Å²) < 4.78 is 13.4. The number of anilines is 2. The van der Waals surface area contributed by atoms with Crippen molar-refractivity contribution in [1.82, 2.24) is 0 Å². The van der Waals surface area contributed by atoms with Gasteiger partial charge in [0.2, 0.25) is 0 Å². The Labute approximate surface area is 126 Å². The summed E-state index contributed by atoms with van der Waals surface area (Å²) in [6.45, 7) is 0. The van der Waals surface area contributed by atoms with Gasteiger partial charge in [-0.2, -0.15) is 0 Å². The number of nitrogens with zero attached hydrogens (tertiary/aromatic N) is 1. The predicted molar refractivity (Wildman–Crippen MR) is 77.4 cm³/mol. The monoisotopic (exact) mass is 354 g/mol. The van der Waals surface area contributed by atoms with E-state index in [-0.39, 0.29) is 15.7 Å². The molecule has 0 heterocycles. The highest BCUT2D eigenvalue weighted by Crippen LogP contribution is 2.32. The molecule has 0 aliphatic carbocycles. The van der Waals surface area contributed by atoms with Crippen LogP contribution in [0, 0.1) is 15.9 Å². The van der Waals surface area contributed by atoms with Crippen molar-refractivity contribution in [3.8, 4) is 0 Å². The summed E-state index contributed by atoms with van der Waals surface area (Å²) in [7, 11) is 0. The molecule has 8 heteroatoms. The van der Waals surface area contributed by atoms with E-state index in [1.54, 1.807) is 0 Å². The Bertz CT molecular complexity index is 719. The van der Waals surface area contributed by atoms with Gasteiger partial charge in [-0.1, -0.05) is 0 Å². The minimum Gasteiger partial charge on any atom is -0.478 e. The maximum Gasteiger partial charge on any atom is 0.335 e. The number of carbonyl (C=O) groups is 1. The average molecular weight is 355 g/mol. The summed E-state index contributed by atoms with van der Waals surface area (Å²) in [6, 6.07) is 7.69. The molecule has 6 nitrogen and oxygen atoms in total. The number of nitrogens with one attached hydrogen (secondary N) is 1. The highest BCUT2D eigenvalue weighted by atomic mass is 79.9. The van der Waals surface area contributed by atoms with Crippen molar-refractivity contribution in [2.45, 2.75) is 0 Å². The molecule has 2 aromatic carbocycles. The van der Waals surface area contributed by atoms with Crippen LogP contribution in [0.5, 0.6) is 0 Å². The number of benzene rings is 2. The first-order valence-electron chi connectivity index (χ1n) is 5.62. The van der Waals surface area contributed by atoms with Crippen LogP contribution in [0.2, 0.25) is 0 Å². The number of halogens is 2. The van der Waals surface area contributed by atoms with Crippen molar-refractivity contribution in [3.05, 3.63) is 62.4 Å². The van der Waals surface area contributed by atoms with Gasteiger partial charge in [-0.25, -0.2) is 9.18 Å². The van der Waals surface area contributed by atoms with Crippen molar-refractivity contribution in [1.29, 1.82) is 0 Å². The maximum atomic E-state index is 13.4. The molecule has 2 N–H and O–H groups in total. The topological polar surface area (TPSA) is 92.5 Å². The van der Waals surface area contributed by atoms with Crippen LogP contribution in [-0.4, -0.2) is 16.0 Å². The van der Waals surface area contributed by atoms with Gasteiger partial charge in [0.1, 0.15) is 11.5 Å². The van der Waals surface area contributed by atoms with Crippen LogP contribution in [0.4, 0.5) is 21.5 Å². The van der Waals surface area contributed by atoms with Crippen molar-refractivity contribution in [2.24, 2.45) is 0 Å². The number of nitro groups is 1.